The summed E-state index contributed by atoms with van der Waals surface area (Å²) in [6, 6.07) is 15.8. The third-order valence-electron chi connectivity index (χ3n) is 6.64. The van der Waals surface area contributed by atoms with E-state index >= 15 is 0 Å². The second kappa shape index (κ2) is 10.2. The normalized spacial score (nSPS) is 17.1. The highest BCUT2D eigenvalue weighted by molar-refractivity contribution is 6.22. The highest BCUT2D eigenvalue weighted by atomic mass is 16.2. The van der Waals surface area contributed by atoms with E-state index in [9.17, 15) is 19.2 Å². The summed E-state index contributed by atoms with van der Waals surface area (Å²) in [5, 5.41) is 3.09. The van der Waals surface area contributed by atoms with Gasteiger partial charge in [0.05, 0.1) is 11.1 Å². The molecule has 1 fully saturated rings. The van der Waals surface area contributed by atoms with Crippen LogP contribution in [0.3, 0.4) is 0 Å². The third kappa shape index (κ3) is 4.88. The first kappa shape index (κ1) is 23.7. The van der Waals surface area contributed by atoms with E-state index in [0.29, 0.717) is 49.9 Å². The van der Waals surface area contributed by atoms with Gasteiger partial charge in [0.1, 0.15) is 6.04 Å². The van der Waals surface area contributed by atoms with Crippen molar-refractivity contribution < 1.29 is 19.2 Å². The Kier molecular flexibility index (Phi) is 7.10. The van der Waals surface area contributed by atoms with Crippen LogP contribution in [0.4, 0.5) is 0 Å². The van der Waals surface area contributed by atoms with Crippen molar-refractivity contribution in [1.82, 2.24) is 15.1 Å². The summed E-state index contributed by atoms with van der Waals surface area (Å²) >= 11 is 0. The topological polar surface area (TPSA) is 86.8 Å². The molecule has 2 heterocycles. The number of piperidine rings is 1. The number of carbonyl (C=O) groups excluding carboxylic acids is 4. The Morgan fingerprint density at radius 3 is 2.03 bits per heavy atom. The van der Waals surface area contributed by atoms with Gasteiger partial charge in [-0.1, -0.05) is 56.3 Å². The first-order chi connectivity index (χ1) is 16.4. The minimum atomic E-state index is -0.843. The monoisotopic (exact) mass is 461 g/mol. The molecule has 4 amide bonds. The number of benzene rings is 2. The van der Waals surface area contributed by atoms with Crippen LogP contribution in [-0.2, 0) is 16.0 Å². The molecule has 2 aliphatic heterocycles. The lowest BCUT2D eigenvalue weighted by molar-refractivity contribution is -0.138. The summed E-state index contributed by atoms with van der Waals surface area (Å²) in [6.07, 6.45) is 2.42. The Balaban J connectivity index is 1.33. The van der Waals surface area contributed by atoms with Crippen LogP contribution < -0.4 is 5.32 Å². The lowest BCUT2D eigenvalue weighted by Gasteiger charge is -2.37. The van der Waals surface area contributed by atoms with Crippen LogP contribution in [-0.4, -0.2) is 58.6 Å². The molecule has 2 aromatic rings. The summed E-state index contributed by atoms with van der Waals surface area (Å²) in [4.78, 5) is 54.6. The number of nitrogens with one attached hydrogen (secondary N) is 1. The Bertz CT molecular complexity index is 1040. The molecule has 1 unspecified atom stereocenters. The van der Waals surface area contributed by atoms with Crippen LogP contribution >= 0.6 is 0 Å². The maximum Gasteiger partial charge on any atom is 0.262 e. The summed E-state index contributed by atoms with van der Waals surface area (Å²) < 4.78 is 0. The number of carbonyl (C=O) groups is 4. The van der Waals surface area contributed by atoms with Crippen LogP contribution in [0.2, 0.25) is 0 Å². The van der Waals surface area contributed by atoms with E-state index in [0.717, 1.165) is 10.5 Å². The third-order valence-corrected chi connectivity index (χ3v) is 6.64. The molecule has 1 N–H and O–H groups in total. The number of fused-ring (bicyclic) bond motifs is 1. The number of hydrogen-bond donors (Lipinski definition) is 1. The number of amides is 4. The average molecular weight is 462 g/mol. The molecular weight excluding hydrogens is 430 g/mol. The van der Waals surface area contributed by atoms with Gasteiger partial charge in [-0.05, 0) is 42.9 Å². The molecule has 178 valence electrons. The fourth-order valence-corrected chi connectivity index (χ4v) is 4.79. The number of nitrogens with zero attached hydrogens (tertiary/aromatic N) is 2. The van der Waals surface area contributed by atoms with Crippen LogP contribution in [0.5, 0.6) is 0 Å². The van der Waals surface area contributed by atoms with E-state index in [1.807, 2.05) is 44.2 Å². The molecule has 34 heavy (non-hydrogen) atoms. The molecule has 0 bridgehead atoms. The first-order valence-electron chi connectivity index (χ1n) is 12.0. The molecule has 4 rings (SSSR count). The van der Waals surface area contributed by atoms with Gasteiger partial charge in [-0.25, -0.2) is 0 Å². The van der Waals surface area contributed by atoms with Gasteiger partial charge in [0.2, 0.25) is 11.8 Å². The van der Waals surface area contributed by atoms with Gasteiger partial charge in [0.25, 0.3) is 11.8 Å². The van der Waals surface area contributed by atoms with E-state index < -0.39 is 17.9 Å². The van der Waals surface area contributed by atoms with E-state index in [4.69, 9.17) is 0 Å². The molecule has 0 saturated carbocycles. The lowest BCUT2D eigenvalue weighted by atomic mass is 9.98. The van der Waals surface area contributed by atoms with Gasteiger partial charge in [0.15, 0.2) is 0 Å². The van der Waals surface area contributed by atoms with Crippen molar-refractivity contribution in [2.75, 3.05) is 13.1 Å². The van der Waals surface area contributed by atoms with Crippen molar-refractivity contribution in [3.8, 4) is 0 Å². The quantitative estimate of drug-likeness (QED) is 0.642. The predicted molar refractivity (Wildman–Crippen MR) is 128 cm³/mol. The number of likely N-dealkylation sites (tertiary alicyclic amines) is 1. The highest BCUT2D eigenvalue weighted by Gasteiger charge is 2.45. The van der Waals surface area contributed by atoms with Crippen molar-refractivity contribution in [2.45, 2.75) is 51.6 Å². The Labute approximate surface area is 200 Å². The fourth-order valence-electron chi connectivity index (χ4n) is 4.79. The molecule has 7 nitrogen and oxygen atoms in total. The van der Waals surface area contributed by atoms with Crippen LogP contribution in [0.25, 0.3) is 0 Å². The largest absolute Gasteiger partial charge is 0.353 e. The molecule has 2 aromatic carbocycles. The zero-order valence-corrected chi connectivity index (χ0v) is 19.7. The van der Waals surface area contributed by atoms with Gasteiger partial charge in [-0.2, -0.15) is 0 Å². The average Bonchev–Trinajstić information content (AvgIpc) is 3.09. The Hall–Kier alpha value is -3.48. The standard InChI is InChI=1S/C27H31N3O4/c1-18(2)24(30-25(32)21-10-6-7-11-22(21)26(30)33)27(34)29-16-14-20(15-17-29)28-23(31)13-12-19-8-4-3-5-9-19/h3-11,18,20,24H,12-17H2,1-2H3,(H,28,31). The van der Waals surface area contributed by atoms with Crippen LogP contribution in [0.1, 0.15) is 59.4 Å². The first-order valence-corrected chi connectivity index (χ1v) is 12.0. The van der Waals surface area contributed by atoms with E-state index in [2.05, 4.69) is 5.32 Å². The van der Waals surface area contributed by atoms with Crippen molar-refractivity contribution in [2.24, 2.45) is 5.92 Å². The minimum absolute atomic E-state index is 0.0136. The molecule has 1 atom stereocenters. The maximum absolute atomic E-state index is 13.4. The van der Waals surface area contributed by atoms with Crippen molar-refractivity contribution in [1.29, 1.82) is 0 Å². The van der Waals surface area contributed by atoms with Gasteiger partial charge >= 0.3 is 0 Å². The van der Waals surface area contributed by atoms with E-state index in [1.54, 1.807) is 29.2 Å². The fraction of sp³-hybridized carbons (Fsp3) is 0.407. The van der Waals surface area contributed by atoms with Crippen molar-refractivity contribution in [3.63, 3.8) is 0 Å². The second-order valence-corrected chi connectivity index (χ2v) is 9.37. The zero-order chi connectivity index (χ0) is 24.2. The minimum Gasteiger partial charge on any atom is -0.353 e. The number of hydrogen-bond acceptors (Lipinski definition) is 4. The van der Waals surface area contributed by atoms with Crippen LogP contribution in [0, 0.1) is 5.92 Å². The van der Waals surface area contributed by atoms with Crippen LogP contribution in [0.15, 0.2) is 54.6 Å². The number of rotatable bonds is 7. The molecule has 0 aliphatic carbocycles. The van der Waals surface area contributed by atoms with Gasteiger partial charge < -0.3 is 10.2 Å². The van der Waals surface area contributed by atoms with Gasteiger partial charge in [-0.15, -0.1) is 0 Å². The van der Waals surface area contributed by atoms with Crippen molar-refractivity contribution in [3.05, 3.63) is 71.3 Å². The molecule has 1 saturated heterocycles. The molecule has 0 aromatic heterocycles. The van der Waals surface area contributed by atoms with Crippen molar-refractivity contribution >= 4 is 23.6 Å². The Morgan fingerprint density at radius 2 is 1.47 bits per heavy atom. The van der Waals surface area contributed by atoms with Gasteiger partial charge in [-0.3, -0.25) is 24.1 Å². The summed E-state index contributed by atoms with van der Waals surface area (Å²) in [5.74, 6) is -1.23. The summed E-state index contributed by atoms with van der Waals surface area (Å²) in [5.41, 5.74) is 1.83. The van der Waals surface area contributed by atoms with E-state index in [-0.39, 0.29) is 23.8 Å². The van der Waals surface area contributed by atoms with Gasteiger partial charge in [0, 0.05) is 25.6 Å². The maximum atomic E-state index is 13.4. The molecular formula is C27H31N3O4. The van der Waals surface area contributed by atoms with E-state index in [1.165, 1.54) is 0 Å². The summed E-state index contributed by atoms with van der Waals surface area (Å²) in [7, 11) is 0. The molecule has 0 radical (unpaired) electrons. The lowest BCUT2D eigenvalue weighted by Crippen LogP contribution is -2.56. The molecule has 0 spiro atoms. The molecule has 7 heteroatoms. The zero-order valence-electron chi connectivity index (χ0n) is 19.7. The predicted octanol–water partition coefficient (Wildman–Crippen LogP) is 3.05. The molecule has 2 aliphatic rings. The second-order valence-electron chi connectivity index (χ2n) is 9.37. The number of imide groups is 1. The highest BCUT2D eigenvalue weighted by Crippen LogP contribution is 2.28. The Morgan fingerprint density at radius 1 is 0.912 bits per heavy atom. The smallest absolute Gasteiger partial charge is 0.262 e. The number of aryl methyl sites for hydroxylation is 1. The SMILES string of the molecule is CC(C)C(C(=O)N1CCC(NC(=O)CCc2ccccc2)CC1)N1C(=O)c2ccccc2C1=O. The summed E-state index contributed by atoms with van der Waals surface area (Å²) in [6.45, 7) is 4.67.